The number of rotatable bonds is 7. The molecular weight excluding hydrogens is 661 g/mol. The van der Waals surface area contributed by atoms with Gasteiger partial charge in [0.2, 0.25) is 0 Å². The van der Waals surface area contributed by atoms with Crippen LogP contribution in [-0.2, 0) is 0 Å². The molecule has 5 heteroatoms. The number of para-hydroxylation sites is 3. The average Bonchev–Trinajstić information content (AvgIpc) is 3.83. The maximum Gasteiger partial charge on any atom is 0.138 e. The summed E-state index contributed by atoms with van der Waals surface area (Å²) in [5.74, 6) is 1.93. The molecule has 3 heterocycles. The lowest BCUT2D eigenvalue weighted by Crippen LogP contribution is -2.01. The van der Waals surface area contributed by atoms with Crippen LogP contribution in [0.2, 0.25) is 0 Å². The van der Waals surface area contributed by atoms with Crippen molar-refractivity contribution in [3.63, 3.8) is 0 Å². The molecule has 7 aromatic carbocycles. The molecule has 0 bridgehead atoms. The molecule has 0 aliphatic carbocycles. The first kappa shape index (κ1) is 28.4. The van der Waals surface area contributed by atoms with E-state index in [4.69, 9.17) is 13.8 Å². The Morgan fingerprint density at radius 1 is 0.519 bits per heavy atom. The van der Waals surface area contributed by atoms with Crippen molar-refractivity contribution in [2.24, 2.45) is 0 Å². The number of ether oxygens (including phenoxy) is 1. The Hall–Kier alpha value is -7.24. The van der Waals surface area contributed by atoms with Crippen LogP contribution in [0.25, 0.3) is 77.7 Å². The molecule has 0 amide bonds. The minimum Gasteiger partial charge on any atom is -0.457 e. The van der Waals surface area contributed by atoms with E-state index in [2.05, 4.69) is 74.8 Å². The Morgan fingerprint density at radius 3 is 1.96 bits per heavy atom. The van der Waals surface area contributed by atoms with Crippen LogP contribution in [0.4, 0.5) is 0 Å². The largest absolute Gasteiger partial charge is 0.457 e. The fourth-order valence-electron chi connectivity index (χ4n) is 7.59. The Balaban J connectivity index is 1.16. The van der Waals surface area contributed by atoms with E-state index in [1.807, 2.05) is 122 Å². The van der Waals surface area contributed by atoms with Crippen LogP contribution in [0, 0.1) is 6.85 Å². The van der Waals surface area contributed by atoms with Crippen molar-refractivity contribution in [3.05, 3.63) is 194 Å². The van der Waals surface area contributed by atoms with Gasteiger partial charge in [0.25, 0.3) is 0 Å². The van der Waals surface area contributed by atoms with Gasteiger partial charge in [-0.05, 0) is 94.3 Å². The number of aryl methyl sites for hydroxylation is 1. The fourth-order valence-corrected chi connectivity index (χ4v) is 7.59. The summed E-state index contributed by atoms with van der Waals surface area (Å²) in [6.45, 7) is -2.43. The minimum atomic E-state index is -2.43. The van der Waals surface area contributed by atoms with Gasteiger partial charge in [0.05, 0.1) is 27.8 Å². The van der Waals surface area contributed by atoms with E-state index < -0.39 is 6.85 Å². The van der Waals surface area contributed by atoms with Gasteiger partial charge in [-0.2, -0.15) is 0 Å². The van der Waals surface area contributed by atoms with E-state index in [9.17, 15) is 0 Å². The highest BCUT2D eigenvalue weighted by Gasteiger charge is 2.20. The summed E-state index contributed by atoms with van der Waals surface area (Å²) in [4.78, 5) is 9.48. The second kappa shape index (κ2) is 13.1. The highest BCUT2D eigenvalue weighted by Crippen LogP contribution is 2.43. The second-order valence-corrected chi connectivity index (χ2v) is 13.3. The number of hydrogen-bond acceptors (Lipinski definition) is 3. The highest BCUT2D eigenvalue weighted by atomic mass is 16.5. The summed E-state index contributed by atoms with van der Waals surface area (Å²) in [7, 11) is 0. The Morgan fingerprint density at radius 2 is 1.19 bits per heavy atom. The van der Waals surface area contributed by atoms with Crippen LogP contribution < -0.4 is 4.74 Å². The minimum absolute atomic E-state index is 0.183. The van der Waals surface area contributed by atoms with Crippen LogP contribution >= 0.6 is 0 Å². The number of aromatic nitrogens is 4. The third-order valence-corrected chi connectivity index (χ3v) is 10.1. The SMILES string of the molecule is [2H]C([2H])([2H])c1cnc(-n2c3ccccc3c3ccc(Oc4cccc(-n5cnc6ccccc65)c4)cc32)cc1-c1c(-c2ccccc2)cccc1-c1ccccc1. The van der Waals surface area contributed by atoms with Gasteiger partial charge in [-0.3, -0.25) is 9.13 Å². The number of fused-ring (bicyclic) bond motifs is 4. The van der Waals surface area contributed by atoms with E-state index in [-0.39, 0.29) is 5.56 Å². The molecule has 256 valence electrons. The number of hydrogen-bond donors (Lipinski definition) is 0. The predicted octanol–water partition coefficient (Wildman–Crippen LogP) is 12.6. The topological polar surface area (TPSA) is 44.9 Å². The maximum absolute atomic E-state index is 8.72. The zero-order chi connectivity index (χ0) is 38.5. The van der Waals surface area contributed by atoms with Gasteiger partial charge < -0.3 is 4.74 Å². The predicted molar refractivity (Wildman–Crippen MR) is 221 cm³/mol. The molecule has 10 aromatic rings. The van der Waals surface area contributed by atoms with E-state index in [0.29, 0.717) is 22.9 Å². The van der Waals surface area contributed by atoms with Crippen molar-refractivity contribution in [3.8, 4) is 56.4 Å². The first-order valence-corrected chi connectivity index (χ1v) is 17.9. The van der Waals surface area contributed by atoms with Crippen LogP contribution in [0.5, 0.6) is 11.5 Å². The number of imidazole rings is 1. The fraction of sp³-hybridized carbons (Fsp3) is 0.0204. The Bertz CT molecular complexity index is 3040. The normalized spacial score (nSPS) is 12.5. The lowest BCUT2D eigenvalue weighted by molar-refractivity contribution is 0.483. The van der Waals surface area contributed by atoms with Crippen LogP contribution in [-0.4, -0.2) is 19.1 Å². The van der Waals surface area contributed by atoms with Gasteiger partial charge >= 0.3 is 0 Å². The summed E-state index contributed by atoms with van der Waals surface area (Å²) in [6, 6.07) is 58.6. The molecule has 3 aromatic heterocycles. The molecule has 0 radical (unpaired) electrons. The first-order chi connectivity index (χ1) is 27.9. The molecule has 0 spiro atoms. The van der Waals surface area contributed by atoms with Crippen LogP contribution in [0.3, 0.4) is 0 Å². The number of nitrogens with zero attached hydrogens (tertiary/aromatic N) is 4. The summed E-state index contributed by atoms with van der Waals surface area (Å²) < 4.78 is 36.9. The Labute approximate surface area is 317 Å². The Kier molecular flexibility index (Phi) is 6.86. The molecule has 0 fully saturated rings. The summed E-state index contributed by atoms with van der Waals surface area (Å²) in [5, 5.41) is 2.07. The monoisotopic (exact) mass is 697 g/mol. The molecule has 0 saturated heterocycles. The van der Waals surface area contributed by atoms with Crippen molar-refractivity contribution in [2.45, 2.75) is 6.85 Å². The maximum atomic E-state index is 8.72. The molecule has 0 N–H and O–H groups in total. The van der Waals surface area contributed by atoms with Gasteiger partial charge in [-0.1, -0.05) is 115 Å². The van der Waals surface area contributed by atoms with E-state index in [1.54, 1.807) is 0 Å². The molecule has 5 nitrogen and oxygen atoms in total. The van der Waals surface area contributed by atoms with Crippen molar-refractivity contribution >= 4 is 32.8 Å². The average molecular weight is 698 g/mol. The third-order valence-electron chi connectivity index (χ3n) is 10.1. The van der Waals surface area contributed by atoms with Crippen molar-refractivity contribution in [1.29, 1.82) is 0 Å². The van der Waals surface area contributed by atoms with Crippen molar-refractivity contribution in [2.75, 3.05) is 0 Å². The number of pyridine rings is 1. The zero-order valence-corrected chi connectivity index (χ0v) is 29.1. The van der Waals surface area contributed by atoms with Crippen molar-refractivity contribution in [1.82, 2.24) is 19.1 Å². The van der Waals surface area contributed by atoms with Gasteiger partial charge in [-0.25, -0.2) is 9.97 Å². The first-order valence-electron chi connectivity index (χ1n) is 19.4. The summed E-state index contributed by atoms with van der Waals surface area (Å²) in [5.41, 5.74) is 10.2. The summed E-state index contributed by atoms with van der Waals surface area (Å²) >= 11 is 0. The zero-order valence-electron chi connectivity index (χ0n) is 32.1. The van der Waals surface area contributed by atoms with E-state index >= 15 is 0 Å². The highest BCUT2D eigenvalue weighted by molar-refractivity contribution is 6.09. The standard InChI is InChI=1S/C49H34N4O/c1-33-31-50-48(30-43(33)49-39(34-14-4-2-5-15-34)21-13-22-40(49)35-16-6-3-7-17-35)53-45-24-10-8-20-41(45)42-27-26-38(29-47(42)53)54-37-19-12-18-36(28-37)52-32-51-44-23-9-11-25-46(44)52/h2-32H,1H3/i1D3. The van der Waals surface area contributed by atoms with E-state index in [0.717, 1.165) is 66.3 Å². The quantitative estimate of drug-likeness (QED) is 0.167. The van der Waals surface area contributed by atoms with E-state index in [1.165, 1.54) is 6.20 Å². The van der Waals surface area contributed by atoms with Gasteiger partial charge in [0.1, 0.15) is 23.6 Å². The molecule has 0 atom stereocenters. The summed E-state index contributed by atoms with van der Waals surface area (Å²) in [6.07, 6.45) is 3.36. The van der Waals surface area contributed by atoms with Crippen LogP contribution in [0.1, 0.15) is 9.68 Å². The number of benzene rings is 7. The lowest BCUT2D eigenvalue weighted by atomic mass is 9.86. The molecule has 10 rings (SSSR count). The van der Waals surface area contributed by atoms with Gasteiger partial charge in [-0.15, -0.1) is 0 Å². The molecule has 0 aliphatic heterocycles. The van der Waals surface area contributed by atoms with Gasteiger partial charge in [0.15, 0.2) is 0 Å². The second-order valence-electron chi connectivity index (χ2n) is 13.3. The third kappa shape index (κ3) is 5.42. The smallest absolute Gasteiger partial charge is 0.138 e. The molecule has 0 aliphatic rings. The molecule has 54 heavy (non-hydrogen) atoms. The van der Waals surface area contributed by atoms with Gasteiger partial charge in [0, 0.05) is 33.2 Å². The van der Waals surface area contributed by atoms with Crippen molar-refractivity contribution < 1.29 is 8.85 Å². The van der Waals surface area contributed by atoms with Crippen LogP contribution in [0.15, 0.2) is 188 Å². The molecule has 0 unspecified atom stereocenters. The molecular formula is C49H34N4O. The lowest BCUT2D eigenvalue weighted by Gasteiger charge is -2.19. The molecule has 0 saturated carbocycles.